The Bertz CT molecular complexity index is 574. The van der Waals surface area contributed by atoms with Crippen LogP contribution in [0.15, 0.2) is 30.3 Å². The highest BCUT2D eigenvalue weighted by molar-refractivity contribution is 6.05. The maximum Gasteiger partial charge on any atom is 0.326 e. The largest absolute Gasteiger partial charge is 0.356 e. The Morgan fingerprint density at radius 1 is 1.13 bits per heavy atom. The number of benzene rings is 1. The maximum atomic E-state index is 11.9. The molecule has 1 fully saturated rings. The first-order valence-electron chi connectivity index (χ1n) is 7.85. The molecule has 1 atom stereocenters. The second kappa shape index (κ2) is 7.76. The number of amides is 4. The van der Waals surface area contributed by atoms with Gasteiger partial charge in [-0.2, -0.15) is 0 Å². The summed E-state index contributed by atoms with van der Waals surface area (Å²) in [5.41, 5.74) is 1.29. The van der Waals surface area contributed by atoms with E-state index in [1.165, 1.54) is 17.5 Å². The van der Waals surface area contributed by atoms with Crippen LogP contribution in [0.1, 0.15) is 24.8 Å². The van der Waals surface area contributed by atoms with Gasteiger partial charge >= 0.3 is 6.03 Å². The van der Waals surface area contributed by atoms with Gasteiger partial charge in [-0.1, -0.05) is 30.3 Å². The molecule has 0 radical (unpaired) electrons. The van der Waals surface area contributed by atoms with Crippen LogP contribution in [0.25, 0.3) is 0 Å². The number of carbonyl (C=O) groups excluding carboxylic acids is 3. The van der Waals surface area contributed by atoms with E-state index in [1.54, 1.807) is 7.05 Å². The third kappa shape index (κ3) is 4.31. The van der Waals surface area contributed by atoms with Crippen LogP contribution in [0.2, 0.25) is 0 Å². The topological polar surface area (TPSA) is 69.7 Å². The van der Waals surface area contributed by atoms with Crippen molar-refractivity contribution in [3.8, 4) is 0 Å². The Morgan fingerprint density at radius 3 is 2.43 bits per heavy atom. The van der Waals surface area contributed by atoms with Gasteiger partial charge in [-0.3, -0.25) is 14.5 Å². The van der Waals surface area contributed by atoms with Gasteiger partial charge in [0.2, 0.25) is 5.91 Å². The molecular weight excluding hydrogens is 294 g/mol. The zero-order valence-corrected chi connectivity index (χ0v) is 13.6. The first kappa shape index (κ1) is 17.0. The molecule has 4 amide bonds. The molecule has 23 heavy (non-hydrogen) atoms. The zero-order chi connectivity index (χ0) is 16.8. The molecule has 0 aliphatic carbocycles. The minimum absolute atomic E-state index is 0.0180. The molecule has 1 saturated heterocycles. The van der Waals surface area contributed by atoms with Crippen LogP contribution in [-0.4, -0.2) is 54.3 Å². The Balaban J connectivity index is 1.66. The normalized spacial score (nSPS) is 17.7. The average Bonchev–Trinajstić information content (AvgIpc) is 2.73. The van der Waals surface area contributed by atoms with Gasteiger partial charge in [0.1, 0.15) is 6.04 Å². The van der Waals surface area contributed by atoms with Gasteiger partial charge in [0.15, 0.2) is 0 Å². The molecule has 0 saturated carbocycles. The van der Waals surface area contributed by atoms with E-state index >= 15 is 0 Å². The molecule has 0 unspecified atom stereocenters. The molecule has 2 rings (SSSR count). The van der Waals surface area contributed by atoms with Crippen LogP contribution in [0.4, 0.5) is 4.79 Å². The van der Waals surface area contributed by atoms with Crippen molar-refractivity contribution in [2.75, 3.05) is 20.6 Å². The van der Waals surface area contributed by atoms with E-state index in [0.29, 0.717) is 6.54 Å². The Hall–Kier alpha value is -2.37. The number of unbranched alkanes of at least 4 members (excludes halogenated alkanes) is 1. The third-order valence-corrected chi connectivity index (χ3v) is 4.11. The number of nitrogens with zero attached hydrogens (tertiary/aromatic N) is 2. The summed E-state index contributed by atoms with van der Waals surface area (Å²) in [7, 11) is 2.98. The lowest BCUT2D eigenvalue weighted by Crippen LogP contribution is -2.37. The Morgan fingerprint density at radius 2 is 1.83 bits per heavy atom. The monoisotopic (exact) mass is 317 g/mol. The van der Waals surface area contributed by atoms with Crippen LogP contribution >= 0.6 is 0 Å². The quantitative estimate of drug-likeness (QED) is 0.610. The van der Waals surface area contributed by atoms with Gasteiger partial charge in [-0.15, -0.1) is 0 Å². The molecule has 1 aliphatic rings. The minimum Gasteiger partial charge on any atom is -0.356 e. The van der Waals surface area contributed by atoms with Gasteiger partial charge in [-0.25, -0.2) is 4.79 Å². The highest BCUT2D eigenvalue weighted by Gasteiger charge is 2.41. The number of rotatable bonds is 7. The molecule has 0 bridgehead atoms. The van der Waals surface area contributed by atoms with Crippen LogP contribution in [0, 0.1) is 0 Å². The molecule has 0 spiro atoms. The van der Waals surface area contributed by atoms with E-state index in [0.717, 1.165) is 24.2 Å². The van der Waals surface area contributed by atoms with Gasteiger partial charge < -0.3 is 10.2 Å². The van der Waals surface area contributed by atoms with Crippen molar-refractivity contribution in [3.63, 3.8) is 0 Å². The standard InChI is InChI=1S/C17H23N3O3/c1-19-14(16(22)20(2)17(19)23)12-15(21)18-11-7-6-10-13-8-4-3-5-9-13/h3-5,8-9,14H,6-7,10-12H2,1-2H3,(H,18,21)/t14-/m1/s1. The summed E-state index contributed by atoms with van der Waals surface area (Å²) < 4.78 is 0. The third-order valence-electron chi connectivity index (χ3n) is 4.11. The van der Waals surface area contributed by atoms with Crippen LogP contribution < -0.4 is 5.32 Å². The minimum atomic E-state index is -0.684. The number of imide groups is 1. The molecule has 1 heterocycles. The van der Waals surface area contributed by atoms with E-state index < -0.39 is 6.04 Å². The summed E-state index contributed by atoms with van der Waals surface area (Å²) in [5, 5.41) is 2.82. The number of hydrogen-bond donors (Lipinski definition) is 1. The maximum absolute atomic E-state index is 11.9. The molecule has 6 heteroatoms. The van der Waals surface area contributed by atoms with E-state index in [-0.39, 0.29) is 24.3 Å². The highest BCUT2D eigenvalue weighted by atomic mass is 16.2. The molecular formula is C17H23N3O3. The summed E-state index contributed by atoms with van der Waals surface area (Å²) in [6.45, 7) is 0.583. The van der Waals surface area contributed by atoms with Crippen molar-refractivity contribution in [3.05, 3.63) is 35.9 Å². The highest BCUT2D eigenvalue weighted by Crippen LogP contribution is 2.16. The number of likely N-dealkylation sites (N-methyl/N-ethyl adjacent to an activating group) is 2. The van der Waals surface area contributed by atoms with E-state index in [1.807, 2.05) is 18.2 Å². The smallest absolute Gasteiger partial charge is 0.326 e. The number of aryl methyl sites for hydroxylation is 1. The van der Waals surface area contributed by atoms with Crippen LogP contribution in [0.5, 0.6) is 0 Å². The van der Waals surface area contributed by atoms with E-state index in [9.17, 15) is 14.4 Å². The van der Waals surface area contributed by atoms with Gasteiger partial charge in [-0.05, 0) is 24.8 Å². The fourth-order valence-corrected chi connectivity index (χ4v) is 2.65. The number of nitrogens with one attached hydrogen (secondary N) is 1. The zero-order valence-electron chi connectivity index (χ0n) is 13.6. The Labute approximate surface area is 136 Å². The molecule has 124 valence electrons. The first-order chi connectivity index (χ1) is 11.0. The van der Waals surface area contributed by atoms with Gasteiger partial charge in [0.25, 0.3) is 5.91 Å². The Kier molecular flexibility index (Phi) is 5.73. The lowest BCUT2D eigenvalue weighted by Gasteiger charge is -2.15. The van der Waals surface area contributed by atoms with Gasteiger partial charge in [0.05, 0.1) is 6.42 Å². The molecule has 1 N–H and O–H groups in total. The van der Waals surface area contributed by atoms with Crippen LogP contribution in [-0.2, 0) is 16.0 Å². The van der Waals surface area contributed by atoms with Crippen LogP contribution in [0.3, 0.4) is 0 Å². The second-order valence-electron chi connectivity index (χ2n) is 5.80. The number of hydrogen-bond acceptors (Lipinski definition) is 3. The molecule has 1 aliphatic heterocycles. The predicted molar refractivity (Wildman–Crippen MR) is 86.7 cm³/mol. The van der Waals surface area contributed by atoms with Gasteiger partial charge in [0, 0.05) is 20.6 Å². The number of carbonyl (C=O) groups is 3. The molecule has 0 aromatic heterocycles. The van der Waals surface area contributed by atoms with Crippen molar-refractivity contribution in [2.45, 2.75) is 31.7 Å². The first-order valence-corrected chi connectivity index (χ1v) is 7.85. The van der Waals surface area contributed by atoms with E-state index in [2.05, 4.69) is 17.4 Å². The second-order valence-corrected chi connectivity index (χ2v) is 5.80. The van der Waals surface area contributed by atoms with E-state index in [4.69, 9.17) is 0 Å². The van der Waals surface area contributed by atoms with Crippen molar-refractivity contribution < 1.29 is 14.4 Å². The van der Waals surface area contributed by atoms with Crippen molar-refractivity contribution in [2.24, 2.45) is 0 Å². The molecule has 1 aromatic rings. The fourth-order valence-electron chi connectivity index (χ4n) is 2.65. The predicted octanol–water partition coefficient (Wildman–Crippen LogP) is 1.41. The van der Waals surface area contributed by atoms with Crippen molar-refractivity contribution >= 4 is 17.8 Å². The van der Waals surface area contributed by atoms with Crippen molar-refractivity contribution in [1.82, 2.24) is 15.1 Å². The summed E-state index contributed by atoms with van der Waals surface area (Å²) in [5.74, 6) is -0.519. The summed E-state index contributed by atoms with van der Waals surface area (Å²) in [6.07, 6.45) is 2.88. The lowest BCUT2D eigenvalue weighted by atomic mass is 10.1. The fraction of sp³-hybridized carbons (Fsp3) is 0.471. The average molecular weight is 317 g/mol. The molecule has 1 aromatic carbocycles. The summed E-state index contributed by atoms with van der Waals surface area (Å²) in [6, 6.07) is 9.16. The summed E-state index contributed by atoms with van der Waals surface area (Å²) in [4.78, 5) is 37.8. The SMILES string of the molecule is CN1C(=O)[C@@H](CC(=O)NCCCCc2ccccc2)N(C)C1=O. The lowest BCUT2D eigenvalue weighted by molar-refractivity contribution is -0.131. The summed E-state index contributed by atoms with van der Waals surface area (Å²) >= 11 is 0. The number of urea groups is 1. The molecule has 6 nitrogen and oxygen atoms in total. The van der Waals surface area contributed by atoms with Crippen molar-refractivity contribution in [1.29, 1.82) is 0 Å².